The van der Waals surface area contributed by atoms with Crippen molar-refractivity contribution < 1.29 is 17.9 Å². The van der Waals surface area contributed by atoms with Crippen LogP contribution < -0.4 is 4.74 Å². The number of ether oxygens (including phenoxy) is 1. The standard InChI is InChI=1S/C24H31NO4S/c1-30(27,28)23-13-11-22(12-14-23)29-19-5-8-24(26)25-17-15-21(16-18-25)10-9-20-6-3-2-4-7-20/h2-4,6-7,11-14,21H,5,8-10,15-19H2,1H3. The van der Waals surface area contributed by atoms with E-state index >= 15 is 0 Å². The van der Waals surface area contributed by atoms with Crippen LogP contribution in [0.4, 0.5) is 0 Å². The van der Waals surface area contributed by atoms with E-state index in [0.717, 1.165) is 32.4 Å². The molecule has 162 valence electrons. The Morgan fingerprint density at radius 1 is 1.03 bits per heavy atom. The average molecular weight is 430 g/mol. The predicted molar refractivity (Wildman–Crippen MR) is 118 cm³/mol. The third-order valence-corrected chi connectivity index (χ3v) is 6.84. The Balaban J connectivity index is 1.31. The lowest BCUT2D eigenvalue weighted by Gasteiger charge is -2.32. The minimum Gasteiger partial charge on any atom is -0.494 e. The Bertz CT molecular complexity index is 902. The Kier molecular flexibility index (Phi) is 7.91. The first-order chi connectivity index (χ1) is 14.4. The van der Waals surface area contributed by atoms with E-state index in [2.05, 4.69) is 24.3 Å². The summed E-state index contributed by atoms with van der Waals surface area (Å²) in [7, 11) is -3.20. The van der Waals surface area contributed by atoms with Gasteiger partial charge in [0.25, 0.3) is 0 Å². The molecule has 5 nitrogen and oxygen atoms in total. The molecule has 0 N–H and O–H groups in total. The normalized spacial score (nSPS) is 15.2. The highest BCUT2D eigenvalue weighted by atomic mass is 32.2. The zero-order chi connectivity index (χ0) is 21.4. The third kappa shape index (κ3) is 6.87. The van der Waals surface area contributed by atoms with E-state index in [0.29, 0.717) is 31.1 Å². The largest absolute Gasteiger partial charge is 0.494 e. The molecule has 0 aromatic heterocycles. The topological polar surface area (TPSA) is 63.7 Å². The number of amides is 1. The maximum Gasteiger partial charge on any atom is 0.222 e. The van der Waals surface area contributed by atoms with Gasteiger partial charge in [0.2, 0.25) is 5.91 Å². The molecule has 1 aliphatic heterocycles. The van der Waals surface area contributed by atoms with Crippen molar-refractivity contribution in [2.45, 2.75) is 43.4 Å². The summed E-state index contributed by atoms with van der Waals surface area (Å²) in [5.41, 5.74) is 1.39. The summed E-state index contributed by atoms with van der Waals surface area (Å²) in [6.45, 7) is 2.15. The van der Waals surface area contributed by atoms with Crippen LogP contribution >= 0.6 is 0 Å². The van der Waals surface area contributed by atoms with Gasteiger partial charge in [-0.15, -0.1) is 0 Å². The van der Waals surface area contributed by atoms with Gasteiger partial charge in [-0.2, -0.15) is 0 Å². The van der Waals surface area contributed by atoms with E-state index in [1.165, 1.54) is 30.4 Å². The Morgan fingerprint density at radius 3 is 2.33 bits per heavy atom. The highest BCUT2D eigenvalue weighted by Gasteiger charge is 2.22. The fourth-order valence-corrected chi connectivity index (χ4v) is 4.47. The molecule has 0 unspecified atom stereocenters. The van der Waals surface area contributed by atoms with E-state index < -0.39 is 9.84 Å². The van der Waals surface area contributed by atoms with E-state index in [9.17, 15) is 13.2 Å². The van der Waals surface area contributed by atoms with Gasteiger partial charge in [-0.05, 0) is 67.9 Å². The molecule has 0 aliphatic carbocycles. The van der Waals surface area contributed by atoms with E-state index in [4.69, 9.17) is 4.74 Å². The lowest BCUT2D eigenvalue weighted by molar-refractivity contribution is -0.132. The first-order valence-corrected chi connectivity index (χ1v) is 12.6. The number of carbonyl (C=O) groups excluding carboxylic acids is 1. The average Bonchev–Trinajstić information content (AvgIpc) is 2.76. The van der Waals surface area contributed by atoms with Crippen molar-refractivity contribution in [2.24, 2.45) is 5.92 Å². The summed E-state index contributed by atoms with van der Waals surface area (Å²) < 4.78 is 28.6. The van der Waals surface area contributed by atoms with Crippen LogP contribution in [-0.2, 0) is 21.1 Å². The maximum absolute atomic E-state index is 12.5. The monoisotopic (exact) mass is 429 g/mol. The van der Waals surface area contributed by atoms with Crippen LogP contribution in [0.3, 0.4) is 0 Å². The van der Waals surface area contributed by atoms with Crippen LogP contribution in [0.15, 0.2) is 59.5 Å². The number of benzene rings is 2. The third-order valence-electron chi connectivity index (χ3n) is 5.71. The Labute approximate surface area is 180 Å². The molecule has 0 spiro atoms. The van der Waals surface area contributed by atoms with Crippen LogP contribution in [0.5, 0.6) is 5.75 Å². The molecular formula is C24H31NO4S. The summed E-state index contributed by atoms with van der Waals surface area (Å²) >= 11 is 0. The molecule has 2 aromatic rings. The summed E-state index contributed by atoms with van der Waals surface area (Å²) in [5, 5.41) is 0. The van der Waals surface area contributed by atoms with Crippen molar-refractivity contribution in [1.29, 1.82) is 0 Å². The molecule has 0 atom stereocenters. The number of nitrogens with zero attached hydrogens (tertiary/aromatic N) is 1. The molecule has 0 saturated carbocycles. The van der Waals surface area contributed by atoms with Gasteiger partial charge in [-0.3, -0.25) is 4.79 Å². The van der Waals surface area contributed by atoms with E-state index in [1.54, 1.807) is 12.1 Å². The molecule has 0 bridgehead atoms. The van der Waals surface area contributed by atoms with Crippen LogP contribution in [0.1, 0.15) is 37.7 Å². The second kappa shape index (κ2) is 10.6. The summed E-state index contributed by atoms with van der Waals surface area (Å²) in [4.78, 5) is 14.7. The molecule has 1 amide bonds. The van der Waals surface area contributed by atoms with Gasteiger partial charge in [-0.25, -0.2) is 8.42 Å². The van der Waals surface area contributed by atoms with Crippen molar-refractivity contribution in [2.75, 3.05) is 26.0 Å². The fourth-order valence-electron chi connectivity index (χ4n) is 3.84. The quantitative estimate of drug-likeness (QED) is 0.563. The van der Waals surface area contributed by atoms with Crippen LogP contribution in [0.25, 0.3) is 0 Å². The van der Waals surface area contributed by atoms with Crippen molar-refractivity contribution in [3.05, 3.63) is 60.2 Å². The predicted octanol–water partition coefficient (Wildman–Crippen LogP) is 4.12. The van der Waals surface area contributed by atoms with E-state index in [-0.39, 0.29) is 10.8 Å². The zero-order valence-electron chi connectivity index (χ0n) is 17.6. The van der Waals surface area contributed by atoms with Gasteiger partial charge < -0.3 is 9.64 Å². The number of aryl methyl sites for hydroxylation is 1. The van der Waals surface area contributed by atoms with Crippen molar-refractivity contribution >= 4 is 15.7 Å². The Morgan fingerprint density at radius 2 is 1.70 bits per heavy atom. The number of hydrogen-bond donors (Lipinski definition) is 0. The number of rotatable bonds is 9. The first-order valence-electron chi connectivity index (χ1n) is 10.7. The Hall–Kier alpha value is -2.34. The van der Waals surface area contributed by atoms with Gasteiger partial charge in [0, 0.05) is 25.8 Å². The fraction of sp³-hybridized carbons (Fsp3) is 0.458. The molecule has 2 aromatic carbocycles. The second-order valence-corrected chi connectivity index (χ2v) is 10.1. The minimum absolute atomic E-state index is 0.201. The highest BCUT2D eigenvalue weighted by molar-refractivity contribution is 7.90. The zero-order valence-corrected chi connectivity index (χ0v) is 18.4. The molecule has 6 heteroatoms. The van der Waals surface area contributed by atoms with Crippen LogP contribution in [0.2, 0.25) is 0 Å². The smallest absolute Gasteiger partial charge is 0.222 e. The lowest BCUT2D eigenvalue weighted by atomic mass is 9.90. The molecular weight excluding hydrogens is 398 g/mol. The summed E-state index contributed by atoms with van der Waals surface area (Å²) in [6, 6.07) is 17.0. The molecule has 1 saturated heterocycles. The number of hydrogen-bond acceptors (Lipinski definition) is 4. The number of likely N-dealkylation sites (tertiary alicyclic amines) is 1. The SMILES string of the molecule is CS(=O)(=O)c1ccc(OCCCC(=O)N2CCC(CCc3ccccc3)CC2)cc1. The lowest BCUT2D eigenvalue weighted by Crippen LogP contribution is -2.38. The van der Waals surface area contributed by atoms with Gasteiger partial charge in [-0.1, -0.05) is 30.3 Å². The van der Waals surface area contributed by atoms with Crippen molar-refractivity contribution in [3.8, 4) is 5.75 Å². The summed E-state index contributed by atoms with van der Waals surface area (Å²) in [6.07, 6.45) is 6.79. The molecule has 1 aliphatic rings. The second-order valence-electron chi connectivity index (χ2n) is 8.04. The van der Waals surface area contributed by atoms with Gasteiger partial charge in [0.15, 0.2) is 9.84 Å². The first kappa shape index (κ1) is 22.3. The highest BCUT2D eigenvalue weighted by Crippen LogP contribution is 2.23. The molecule has 1 heterocycles. The molecule has 1 fully saturated rings. The maximum atomic E-state index is 12.5. The summed E-state index contributed by atoms with van der Waals surface area (Å²) in [5.74, 6) is 1.52. The number of sulfone groups is 1. The van der Waals surface area contributed by atoms with Gasteiger partial charge in [0.05, 0.1) is 11.5 Å². The van der Waals surface area contributed by atoms with Gasteiger partial charge in [0.1, 0.15) is 5.75 Å². The molecule has 0 radical (unpaired) electrons. The molecule has 30 heavy (non-hydrogen) atoms. The van der Waals surface area contributed by atoms with Gasteiger partial charge >= 0.3 is 0 Å². The van der Waals surface area contributed by atoms with Crippen molar-refractivity contribution in [1.82, 2.24) is 4.90 Å². The molecule has 3 rings (SSSR count). The number of carbonyl (C=O) groups is 1. The van der Waals surface area contributed by atoms with Crippen molar-refractivity contribution in [3.63, 3.8) is 0 Å². The van der Waals surface area contributed by atoms with E-state index in [1.807, 2.05) is 11.0 Å². The van der Waals surface area contributed by atoms with Crippen LogP contribution in [0, 0.1) is 5.92 Å². The minimum atomic E-state index is -3.20. The van der Waals surface area contributed by atoms with Crippen LogP contribution in [-0.4, -0.2) is 45.2 Å². The number of piperidine rings is 1.